The van der Waals surface area contributed by atoms with E-state index in [1.165, 1.54) is 0 Å². The van der Waals surface area contributed by atoms with Gasteiger partial charge in [0.15, 0.2) is 0 Å². The monoisotopic (exact) mass is 325 g/mol. The Hall–Kier alpha value is -0.910. The minimum atomic E-state index is -0.129. The molecule has 1 fully saturated rings. The molecule has 1 heterocycles. The summed E-state index contributed by atoms with van der Waals surface area (Å²) in [6.07, 6.45) is 0. The van der Waals surface area contributed by atoms with Gasteiger partial charge in [0.25, 0.3) is 0 Å². The summed E-state index contributed by atoms with van der Waals surface area (Å²) in [6, 6.07) is 7.82. The molecule has 1 aromatic rings. The number of nitrogens with zero attached hydrogens (tertiary/aromatic N) is 2. The van der Waals surface area contributed by atoms with Gasteiger partial charge >= 0.3 is 0 Å². The van der Waals surface area contributed by atoms with Gasteiger partial charge < -0.3 is 10.6 Å². The van der Waals surface area contributed by atoms with Crippen LogP contribution in [-0.2, 0) is 4.79 Å². The maximum Gasteiger partial charge on any atom is 0.241 e. The third kappa shape index (κ3) is 2.99. The van der Waals surface area contributed by atoms with Crippen LogP contribution < -0.4 is 10.6 Å². The van der Waals surface area contributed by atoms with Crippen LogP contribution in [0.2, 0.25) is 0 Å². The van der Waals surface area contributed by atoms with E-state index in [1.54, 1.807) is 0 Å². The zero-order valence-electron chi connectivity index (χ0n) is 11.4. The zero-order chi connectivity index (χ0) is 14.0. The number of anilines is 1. The van der Waals surface area contributed by atoms with Crippen molar-refractivity contribution in [2.24, 2.45) is 5.73 Å². The minimum absolute atomic E-state index is 0.125. The average molecular weight is 326 g/mol. The van der Waals surface area contributed by atoms with Crippen LogP contribution in [0.5, 0.6) is 0 Å². The summed E-state index contributed by atoms with van der Waals surface area (Å²) in [5.41, 5.74) is 6.59. The van der Waals surface area contributed by atoms with Crippen LogP contribution >= 0.6 is 15.9 Å². The summed E-state index contributed by atoms with van der Waals surface area (Å²) in [5.74, 6) is 0.125. The van der Waals surface area contributed by atoms with Crippen molar-refractivity contribution < 1.29 is 4.79 Å². The zero-order valence-corrected chi connectivity index (χ0v) is 13.0. The van der Waals surface area contributed by atoms with Crippen LogP contribution in [-0.4, -0.2) is 42.5 Å². The molecule has 0 unspecified atom stereocenters. The molecule has 0 bridgehead atoms. The van der Waals surface area contributed by atoms with E-state index in [1.807, 2.05) is 29.2 Å². The van der Waals surface area contributed by atoms with Crippen LogP contribution in [0.4, 0.5) is 5.69 Å². The largest absolute Gasteiger partial charge is 0.329 e. The van der Waals surface area contributed by atoms with Gasteiger partial charge in [-0.1, -0.05) is 12.1 Å². The number of carbonyl (C=O) groups excluding carboxylic acids is 1. The van der Waals surface area contributed by atoms with Crippen LogP contribution in [0.15, 0.2) is 28.7 Å². The highest BCUT2D eigenvalue weighted by molar-refractivity contribution is 9.10. The molecule has 2 rings (SSSR count). The first-order valence-corrected chi connectivity index (χ1v) is 7.25. The van der Waals surface area contributed by atoms with Gasteiger partial charge in [0.1, 0.15) is 0 Å². The van der Waals surface area contributed by atoms with E-state index in [4.69, 9.17) is 5.73 Å². The SMILES string of the molecule is CC(C)(CN)N1CCN(c2ccccc2Br)C(=O)C1. The molecule has 5 heteroatoms. The minimum Gasteiger partial charge on any atom is -0.329 e. The molecule has 4 nitrogen and oxygen atoms in total. The van der Waals surface area contributed by atoms with E-state index in [0.717, 1.165) is 16.7 Å². The normalized spacial score (nSPS) is 17.9. The van der Waals surface area contributed by atoms with E-state index < -0.39 is 0 Å². The number of hydrogen-bond acceptors (Lipinski definition) is 3. The summed E-state index contributed by atoms with van der Waals surface area (Å²) in [4.78, 5) is 16.3. The lowest BCUT2D eigenvalue weighted by molar-refractivity contribution is -0.123. The summed E-state index contributed by atoms with van der Waals surface area (Å²) >= 11 is 3.50. The highest BCUT2D eigenvalue weighted by Crippen LogP contribution is 2.28. The molecule has 1 aliphatic heterocycles. The van der Waals surface area contributed by atoms with Gasteiger partial charge in [-0.3, -0.25) is 9.69 Å². The lowest BCUT2D eigenvalue weighted by Gasteiger charge is -2.43. The molecule has 2 N–H and O–H groups in total. The molecule has 1 aromatic carbocycles. The number of rotatable bonds is 3. The summed E-state index contributed by atoms with van der Waals surface area (Å²) in [5, 5.41) is 0. The van der Waals surface area contributed by atoms with E-state index in [-0.39, 0.29) is 11.4 Å². The average Bonchev–Trinajstić information content (AvgIpc) is 2.39. The van der Waals surface area contributed by atoms with Crippen molar-refractivity contribution >= 4 is 27.5 Å². The topological polar surface area (TPSA) is 49.6 Å². The Balaban J connectivity index is 2.14. The summed E-state index contributed by atoms with van der Waals surface area (Å²) < 4.78 is 0.954. The fourth-order valence-electron chi connectivity index (χ4n) is 2.24. The molecule has 0 aromatic heterocycles. The molecule has 0 saturated carbocycles. The van der Waals surface area contributed by atoms with Crippen LogP contribution in [0.1, 0.15) is 13.8 Å². The van der Waals surface area contributed by atoms with Crippen molar-refractivity contribution in [1.82, 2.24) is 4.90 Å². The quantitative estimate of drug-likeness (QED) is 0.922. The Morgan fingerprint density at radius 2 is 2.00 bits per heavy atom. The molecular formula is C14H20BrN3O. The molecule has 1 saturated heterocycles. The van der Waals surface area contributed by atoms with Crippen molar-refractivity contribution in [2.75, 3.05) is 31.1 Å². The molecule has 0 atom stereocenters. The number of carbonyl (C=O) groups is 1. The Kier molecular flexibility index (Phi) is 4.28. The second kappa shape index (κ2) is 5.61. The van der Waals surface area contributed by atoms with Crippen molar-refractivity contribution in [2.45, 2.75) is 19.4 Å². The van der Waals surface area contributed by atoms with Gasteiger partial charge in [-0.2, -0.15) is 0 Å². The molecule has 0 aliphatic carbocycles. The first-order chi connectivity index (χ1) is 8.95. The molecular weight excluding hydrogens is 306 g/mol. The maximum absolute atomic E-state index is 12.3. The second-order valence-corrected chi connectivity index (χ2v) is 6.29. The fraction of sp³-hybridized carbons (Fsp3) is 0.500. The molecule has 104 valence electrons. The first-order valence-electron chi connectivity index (χ1n) is 6.46. The van der Waals surface area contributed by atoms with Crippen molar-refractivity contribution in [3.63, 3.8) is 0 Å². The van der Waals surface area contributed by atoms with Crippen LogP contribution in [0, 0.1) is 0 Å². The van der Waals surface area contributed by atoms with Crippen LogP contribution in [0.3, 0.4) is 0 Å². The Morgan fingerprint density at radius 1 is 1.32 bits per heavy atom. The molecule has 19 heavy (non-hydrogen) atoms. The second-order valence-electron chi connectivity index (χ2n) is 5.43. The Morgan fingerprint density at radius 3 is 2.58 bits per heavy atom. The van der Waals surface area contributed by atoms with Gasteiger partial charge in [0, 0.05) is 29.6 Å². The standard InChI is InChI=1S/C14H20BrN3O/c1-14(2,10-16)17-7-8-18(13(19)9-17)12-6-4-3-5-11(12)15/h3-6H,7-10,16H2,1-2H3. The maximum atomic E-state index is 12.3. The number of nitrogens with two attached hydrogens (primary N) is 1. The highest BCUT2D eigenvalue weighted by Gasteiger charge is 2.33. The number of benzene rings is 1. The highest BCUT2D eigenvalue weighted by atomic mass is 79.9. The smallest absolute Gasteiger partial charge is 0.241 e. The van der Waals surface area contributed by atoms with Gasteiger partial charge in [-0.25, -0.2) is 0 Å². The number of hydrogen-bond donors (Lipinski definition) is 1. The van der Waals surface area contributed by atoms with Crippen LogP contribution in [0.25, 0.3) is 0 Å². The molecule has 0 spiro atoms. The number of para-hydroxylation sites is 1. The van der Waals surface area contributed by atoms with E-state index in [0.29, 0.717) is 19.6 Å². The lowest BCUT2D eigenvalue weighted by Crippen LogP contribution is -2.59. The molecule has 0 radical (unpaired) electrons. The molecule has 1 aliphatic rings. The molecule has 1 amide bonds. The summed E-state index contributed by atoms with van der Waals surface area (Å²) in [7, 11) is 0. The first kappa shape index (κ1) is 14.5. The predicted molar refractivity (Wildman–Crippen MR) is 81.2 cm³/mol. The number of amides is 1. The van der Waals surface area contributed by atoms with E-state index in [2.05, 4.69) is 34.7 Å². The van der Waals surface area contributed by atoms with E-state index in [9.17, 15) is 4.79 Å². The van der Waals surface area contributed by atoms with Gasteiger partial charge in [0.05, 0.1) is 12.2 Å². The Bertz CT molecular complexity index is 476. The number of halogens is 1. The van der Waals surface area contributed by atoms with Crippen molar-refractivity contribution in [1.29, 1.82) is 0 Å². The van der Waals surface area contributed by atoms with Gasteiger partial charge in [-0.05, 0) is 41.9 Å². The Labute approximate surface area is 122 Å². The fourth-order valence-corrected chi connectivity index (χ4v) is 2.74. The summed E-state index contributed by atoms with van der Waals surface area (Å²) in [6.45, 7) is 6.67. The van der Waals surface area contributed by atoms with Crippen molar-refractivity contribution in [3.05, 3.63) is 28.7 Å². The van der Waals surface area contributed by atoms with Gasteiger partial charge in [-0.15, -0.1) is 0 Å². The number of piperazine rings is 1. The van der Waals surface area contributed by atoms with Gasteiger partial charge in [0.2, 0.25) is 5.91 Å². The lowest BCUT2D eigenvalue weighted by atomic mass is 10.0. The van der Waals surface area contributed by atoms with Crippen molar-refractivity contribution in [3.8, 4) is 0 Å². The third-order valence-electron chi connectivity index (χ3n) is 3.72. The van der Waals surface area contributed by atoms with E-state index >= 15 is 0 Å². The third-order valence-corrected chi connectivity index (χ3v) is 4.39. The predicted octanol–water partition coefficient (Wildman–Crippen LogP) is 1.83.